The number of ether oxygens (including phenoxy) is 2. The van der Waals surface area contributed by atoms with Crippen molar-refractivity contribution < 1.29 is 14.7 Å². The molecule has 4 heteroatoms. The van der Waals surface area contributed by atoms with Gasteiger partial charge in [0.2, 0.25) is 5.79 Å². The van der Waals surface area contributed by atoms with Crippen molar-refractivity contribution in [2.45, 2.75) is 5.79 Å². The van der Waals surface area contributed by atoms with Gasteiger partial charge in [-0.2, -0.15) is 0 Å². The smallest absolute Gasteiger partial charge is 0.236 e. The quantitative estimate of drug-likeness (QED) is 0.438. The van der Waals surface area contributed by atoms with Crippen LogP contribution in [0.25, 0.3) is 0 Å². The molecule has 0 bridgehead atoms. The fourth-order valence-corrected chi connectivity index (χ4v) is 1.49. The lowest BCUT2D eigenvalue weighted by Gasteiger charge is -2.22. The van der Waals surface area contributed by atoms with Gasteiger partial charge >= 0.3 is 0 Å². The zero-order chi connectivity index (χ0) is 9.86. The molecule has 1 N–H and O–H groups in total. The van der Waals surface area contributed by atoms with Crippen LogP contribution < -0.4 is 0 Å². The zero-order valence-corrected chi connectivity index (χ0v) is 7.59. The molecule has 0 spiro atoms. The SMILES string of the molecule is O/N=C/C1(c2ccccc2)OCCO1. The van der Waals surface area contributed by atoms with Gasteiger partial charge in [-0.3, -0.25) is 0 Å². The highest BCUT2D eigenvalue weighted by Gasteiger charge is 2.37. The average Bonchev–Trinajstić information content (AvgIpc) is 2.70. The predicted molar refractivity (Wildman–Crippen MR) is 50.3 cm³/mol. The van der Waals surface area contributed by atoms with E-state index in [4.69, 9.17) is 14.7 Å². The summed E-state index contributed by atoms with van der Waals surface area (Å²) in [6.07, 6.45) is 1.26. The number of nitrogens with zero attached hydrogens (tertiary/aromatic N) is 1. The molecule has 1 aliphatic rings. The zero-order valence-electron chi connectivity index (χ0n) is 7.59. The van der Waals surface area contributed by atoms with E-state index in [0.29, 0.717) is 13.2 Å². The Bertz CT molecular complexity index is 317. The molecule has 0 aliphatic carbocycles. The summed E-state index contributed by atoms with van der Waals surface area (Å²) >= 11 is 0. The monoisotopic (exact) mass is 193 g/mol. The van der Waals surface area contributed by atoms with Crippen molar-refractivity contribution in [1.29, 1.82) is 0 Å². The normalized spacial score (nSPS) is 20.3. The molecule has 14 heavy (non-hydrogen) atoms. The predicted octanol–water partition coefficient (Wildman–Crippen LogP) is 1.35. The van der Waals surface area contributed by atoms with Gasteiger partial charge in [0.05, 0.1) is 13.2 Å². The van der Waals surface area contributed by atoms with E-state index < -0.39 is 5.79 Å². The Morgan fingerprint density at radius 2 is 1.86 bits per heavy atom. The van der Waals surface area contributed by atoms with E-state index in [1.807, 2.05) is 30.3 Å². The van der Waals surface area contributed by atoms with Gasteiger partial charge < -0.3 is 14.7 Å². The molecule has 1 aromatic carbocycles. The van der Waals surface area contributed by atoms with Crippen molar-refractivity contribution in [3.8, 4) is 0 Å². The standard InChI is InChI=1S/C10H11NO3/c12-11-8-10(13-6-7-14-10)9-4-2-1-3-5-9/h1-5,8,12H,6-7H2/b11-8+. The van der Waals surface area contributed by atoms with Crippen LogP contribution in [0.1, 0.15) is 5.56 Å². The highest BCUT2D eigenvalue weighted by molar-refractivity contribution is 5.69. The summed E-state index contributed by atoms with van der Waals surface area (Å²) in [6.45, 7) is 1.00. The minimum atomic E-state index is -1.00. The Labute approximate surface area is 81.8 Å². The molecule has 0 radical (unpaired) electrons. The first kappa shape index (κ1) is 9.18. The van der Waals surface area contributed by atoms with Crippen LogP contribution in [0.5, 0.6) is 0 Å². The van der Waals surface area contributed by atoms with Crippen LogP contribution in [0.15, 0.2) is 35.5 Å². The summed E-state index contributed by atoms with van der Waals surface area (Å²) < 4.78 is 10.9. The minimum Gasteiger partial charge on any atom is -0.411 e. The molecule has 0 unspecified atom stereocenters. The number of rotatable bonds is 2. The fourth-order valence-electron chi connectivity index (χ4n) is 1.49. The first-order valence-corrected chi connectivity index (χ1v) is 4.39. The van der Waals surface area contributed by atoms with Crippen LogP contribution in [-0.2, 0) is 15.3 Å². The Hall–Kier alpha value is -1.39. The molecule has 0 atom stereocenters. The van der Waals surface area contributed by atoms with E-state index in [0.717, 1.165) is 5.56 Å². The minimum absolute atomic E-state index is 0.501. The first-order valence-electron chi connectivity index (χ1n) is 4.39. The lowest BCUT2D eigenvalue weighted by Crippen LogP contribution is -2.28. The summed E-state index contributed by atoms with van der Waals surface area (Å²) in [5.74, 6) is -1.00. The number of benzene rings is 1. The molecule has 0 amide bonds. The third kappa shape index (κ3) is 1.49. The van der Waals surface area contributed by atoms with E-state index in [1.165, 1.54) is 6.21 Å². The van der Waals surface area contributed by atoms with Crippen molar-refractivity contribution in [2.75, 3.05) is 13.2 Å². The van der Waals surface area contributed by atoms with Crippen molar-refractivity contribution in [3.63, 3.8) is 0 Å². The Morgan fingerprint density at radius 3 is 2.43 bits per heavy atom. The van der Waals surface area contributed by atoms with Crippen LogP contribution in [0.2, 0.25) is 0 Å². The highest BCUT2D eigenvalue weighted by Crippen LogP contribution is 2.29. The molecular weight excluding hydrogens is 182 g/mol. The van der Waals surface area contributed by atoms with Crippen molar-refractivity contribution in [3.05, 3.63) is 35.9 Å². The largest absolute Gasteiger partial charge is 0.411 e. The van der Waals surface area contributed by atoms with Gasteiger partial charge in [0.15, 0.2) is 0 Å². The summed E-state index contributed by atoms with van der Waals surface area (Å²) in [6, 6.07) is 9.41. The molecule has 4 nitrogen and oxygen atoms in total. The summed E-state index contributed by atoms with van der Waals surface area (Å²) in [7, 11) is 0. The van der Waals surface area contributed by atoms with Crippen LogP contribution in [0.3, 0.4) is 0 Å². The van der Waals surface area contributed by atoms with Gasteiger partial charge in [0.1, 0.15) is 6.21 Å². The molecule has 1 aromatic rings. The van der Waals surface area contributed by atoms with Gasteiger partial charge in [-0.1, -0.05) is 35.5 Å². The van der Waals surface area contributed by atoms with Gasteiger partial charge in [0, 0.05) is 5.56 Å². The second-order valence-corrected chi connectivity index (χ2v) is 2.98. The van der Waals surface area contributed by atoms with Crippen LogP contribution >= 0.6 is 0 Å². The van der Waals surface area contributed by atoms with Crippen LogP contribution in [0.4, 0.5) is 0 Å². The van der Waals surface area contributed by atoms with Gasteiger partial charge in [-0.25, -0.2) is 0 Å². The van der Waals surface area contributed by atoms with Crippen LogP contribution in [0, 0.1) is 0 Å². The van der Waals surface area contributed by atoms with Crippen molar-refractivity contribution in [1.82, 2.24) is 0 Å². The third-order valence-electron chi connectivity index (χ3n) is 2.12. The Balaban J connectivity index is 2.36. The van der Waals surface area contributed by atoms with Gasteiger partial charge in [-0.15, -0.1) is 0 Å². The molecule has 1 saturated heterocycles. The number of hydrogen-bond acceptors (Lipinski definition) is 4. The van der Waals surface area contributed by atoms with E-state index in [1.54, 1.807) is 0 Å². The van der Waals surface area contributed by atoms with E-state index in [9.17, 15) is 0 Å². The van der Waals surface area contributed by atoms with Crippen molar-refractivity contribution >= 4 is 6.21 Å². The Morgan fingerprint density at radius 1 is 1.21 bits per heavy atom. The van der Waals surface area contributed by atoms with Crippen molar-refractivity contribution in [2.24, 2.45) is 5.16 Å². The topological polar surface area (TPSA) is 51.1 Å². The maximum atomic E-state index is 8.56. The maximum Gasteiger partial charge on any atom is 0.236 e. The fraction of sp³-hybridized carbons (Fsp3) is 0.300. The van der Waals surface area contributed by atoms with Gasteiger partial charge in [-0.05, 0) is 0 Å². The second kappa shape index (κ2) is 3.77. The lowest BCUT2D eigenvalue weighted by molar-refractivity contribution is -0.101. The molecule has 74 valence electrons. The first-order chi connectivity index (χ1) is 6.87. The molecule has 2 rings (SSSR count). The highest BCUT2D eigenvalue weighted by atomic mass is 16.7. The molecular formula is C10H11NO3. The number of oxime groups is 1. The summed E-state index contributed by atoms with van der Waals surface area (Å²) in [5.41, 5.74) is 0.829. The van der Waals surface area contributed by atoms with E-state index in [2.05, 4.69) is 5.16 Å². The Kier molecular flexibility index (Phi) is 2.47. The molecule has 1 heterocycles. The van der Waals surface area contributed by atoms with E-state index >= 15 is 0 Å². The molecule has 1 fully saturated rings. The second-order valence-electron chi connectivity index (χ2n) is 2.98. The maximum absolute atomic E-state index is 8.56. The molecule has 0 saturated carbocycles. The van der Waals surface area contributed by atoms with Gasteiger partial charge in [0.25, 0.3) is 0 Å². The molecule has 0 aromatic heterocycles. The summed E-state index contributed by atoms with van der Waals surface area (Å²) in [4.78, 5) is 0. The third-order valence-corrected chi connectivity index (χ3v) is 2.12. The van der Waals surface area contributed by atoms with E-state index in [-0.39, 0.29) is 0 Å². The number of hydrogen-bond donors (Lipinski definition) is 1. The lowest BCUT2D eigenvalue weighted by atomic mass is 10.1. The summed E-state index contributed by atoms with van der Waals surface area (Å²) in [5, 5.41) is 11.6. The average molecular weight is 193 g/mol. The molecule has 1 aliphatic heterocycles. The van der Waals surface area contributed by atoms with Crippen LogP contribution in [-0.4, -0.2) is 24.6 Å².